The molecule has 1 aliphatic heterocycles. The first kappa shape index (κ1) is 28.7. The zero-order valence-corrected chi connectivity index (χ0v) is 24.3. The SMILES string of the molecule is CC1(C)CC(=O)C2=C(C1)N(c1nnc(SCC(=O)Nc3ccccc3F)s1)C(N)=C(C#N)C2c1c(F)cccc1Cl. The summed E-state index contributed by atoms with van der Waals surface area (Å²) in [4.78, 5) is 27.5. The maximum absolute atomic E-state index is 15.2. The van der Waals surface area contributed by atoms with Gasteiger partial charge in [-0.15, -0.1) is 10.2 Å². The fourth-order valence-corrected chi connectivity index (χ4v) is 6.98. The average Bonchev–Trinajstić information content (AvgIpc) is 3.36. The lowest BCUT2D eigenvalue weighted by molar-refractivity contribution is -0.118. The second-order valence-electron chi connectivity index (χ2n) is 10.3. The Bertz CT molecular complexity index is 1660. The third kappa shape index (κ3) is 5.57. The van der Waals surface area contributed by atoms with Crippen LogP contribution in [-0.2, 0) is 9.59 Å². The Labute approximate surface area is 247 Å². The second-order valence-corrected chi connectivity index (χ2v) is 12.9. The van der Waals surface area contributed by atoms with E-state index in [-0.39, 0.29) is 56.3 Å². The number of nitrogens with zero attached hydrogens (tertiary/aromatic N) is 4. The van der Waals surface area contributed by atoms with Crippen LogP contribution in [0.2, 0.25) is 5.02 Å². The van der Waals surface area contributed by atoms with Crippen LogP contribution in [0.25, 0.3) is 0 Å². The van der Waals surface area contributed by atoms with Crippen molar-refractivity contribution in [1.29, 1.82) is 5.26 Å². The molecule has 0 saturated carbocycles. The molecule has 0 spiro atoms. The first-order chi connectivity index (χ1) is 19.5. The Balaban J connectivity index is 1.50. The van der Waals surface area contributed by atoms with Gasteiger partial charge < -0.3 is 11.1 Å². The van der Waals surface area contributed by atoms with E-state index in [0.29, 0.717) is 16.5 Å². The molecule has 2 aromatic carbocycles. The highest BCUT2D eigenvalue weighted by molar-refractivity contribution is 8.01. The molecule has 2 aliphatic rings. The monoisotopic (exact) mass is 612 g/mol. The highest BCUT2D eigenvalue weighted by Crippen LogP contribution is 2.52. The number of nitriles is 1. The number of thioether (sulfide) groups is 1. The van der Waals surface area contributed by atoms with Gasteiger partial charge in [0.05, 0.1) is 29.0 Å². The molecule has 1 atom stereocenters. The van der Waals surface area contributed by atoms with E-state index in [4.69, 9.17) is 17.3 Å². The minimum Gasteiger partial charge on any atom is -0.384 e. The Morgan fingerprint density at radius 1 is 1.22 bits per heavy atom. The number of Topliss-reactive ketones (excluding diaryl/α,β-unsaturated/α-hetero) is 1. The number of halogens is 3. The molecule has 0 bridgehead atoms. The van der Waals surface area contributed by atoms with Crippen molar-refractivity contribution in [3.8, 4) is 6.07 Å². The number of benzene rings is 2. The van der Waals surface area contributed by atoms with Gasteiger partial charge in [0.15, 0.2) is 10.1 Å². The molecule has 1 unspecified atom stereocenters. The van der Waals surface area contributed by atoms with Crippen LogP contribution in [0.5, 0.6) is 0 Å². The summed E-state index contributed by atoms with van der Waals surface area (Å²) in [6, 6.07) is 12.1. The minimum atomic E-state index is -1.08. The zero-order chi connectivity index (χ0) is 29.5. The highest BCUT2D eigenvalue weighted by atomic mass is 35.5. The molecule has 210 valence electrons. The van der Waals surface area contributed by atoms with Gasteiger partial charge in [0, 0.05) is 28.3 Å². The summed E-state index contributed by atoms with van der Waals surface area (Å²) in [5.74, 6) is -3.02. The number of hydrogen-bond acceptors (Lipinski definition) is 9. The van der Waals surface area contributed by atoms with Gasteiger partial charge in [-0.25, -0.2) is 8.78 Å². The Kier molecular flexibility index (Phi) is 7.87. The summed E-state index contributed by atoms with van der Waals surface area (Å²) in [6.07, 6.45) is 0.582. The van der Waals surface area contributed by atoms with Crippen LogP contribution < -0.4 is 16.0 Å². The normalized spacial score (nSPS) is 18.3. The number of carbonyl (C=O) groups is 2. The molecule has 2 heterocycles. The Morgan fingerprint density at radius 3 is 2.66 bits per heavy atom. The van der Waals surface area contributed by atoms with E-state index in [9.17, 15) is 19.2 Å². The Hall–Kier alpha value is -3.79. The second kappa shape index (κ2) is 11.2. The molecule has 3 aromatic rings. The number of carbonyl (C=O) groups excluding carboxylic acids is 2. The van der Waals surface area contributed by atoms with Crippen LogP contribution in [-0.4, -0.2) is 27.6 Å². The molecule has 1 aliphatic carbocycles. The lowest BCUT2D eigenvalue weighted by Crippen LogP contribution is -2.42. The summed E-state index contributed by atoms with van der Waals surface area (Å²) < 4.78 is 29.5. The first-order valence-corrected chi connectivity index (χ1v) is 14.6. The number of nitrogens with two attached hydrogens (primary N) is 1. The minimum absolute atomic E-state index is 0.00827. The summed E-state index contributed by atoms with van der Waals surface area (Å²) in [6.45, 7) is 3.88. The van der Waals surface area contributed by atoms with Gasteiger partial charge in [0.1, 0.15) is 17.5 Å². The smallest absolute Gasteiger partial charge is 0.234 e. The third-order valence-corrected chi connectivity index (χ3v) is 9.10. The quantitative estimate of drug-likeness (QED) is 0.318. The number of hydrogen-bond donors (Lipinski definition) is 2. The molecule has 13 heteroatoms. The maximum atomic E-state index is 15.2. The van der Waals surface area contributed by atoms with Crippen LogP contribution in [0.4, 0.5) is 19.6 Å². The van der Waals surface area contributed by atoms with Crippen molar-refractivity contribution in [3.05, 3.63) is 87.3 Å². The number of para-hydroxylation sites is 1. The van der Waals surface area contributed by atoms with E-state index in [0.717, 1.165) is 23.1 Å². The standard InChI is InChI=1S/C28H23ClF2N6O2S2/c1-28(2)10-19-24(20(38)11-28)22(23-15(29)6-5-8-17(23)31)14(12-32)25(33)37(19)26-35-36-27(41-26)40-13-21(39)34-18-9-4-3-7-16(18)30/h3-9,22H,10-11,13,33H2,1-2H3,(H,34,39). The average molecular weight is 613 g/mol. The van der Waals surface area contributed by atoms with Crippen LogP contribution in [0, 0.1) is 28.4 Å². The van der Waals surface area contributed by atoms with Crippen molar-refractivity contribution in [2.75, 3.05) is 16.0 Å². The first-order valence-electron chi connectivity index (χ1n) is 12.4. The molecule has 0 fully saturated rings. The third-order valence-electron chi connectivity index (χ3n) is 6.73. The summed E-state index contributed by atoms with van der Waals surface area (Å²) >= 11 is 8.61. The van der Waals surface area contributed by atoms with Crippen LogP contribution in [0.15, 0.2) is 69.5 Å². The predicted octanol–water partition coefficient (Wildman–Crippen LogP) is 6.14. The van der Waals surface area contributed by atoms with Crippen molar-refractivity contribution in [3.63, 3.8) is 0 Å². The molecular formula is C28H23ClF2N6O2S2. The van der Waals surface area contributed by atoms with Crippen molar-refractivity contribution < 1.29 is 18.4 Å². The predicted molar refractivity (Wildman–Crippen MR) is 154 cm³/mol. The van der Waals surface area contributed by atoms with E-state index < -0.39 is 28.9 Å². The lowest BCUT2D eigenvalue weighted by Gasteiger charge is -2.42. The van der Waals surface area contributed by atoms with E-state index in [1.807, 2.05) is 13.8 Å². The van der Waals surface area contributed by atoms with Crippen LogP contribution in [0.3, 0.4) is 0 Å². The zero-order valence-electron chi connectivity index (χ0n) is 21.9. The van der Waals surface area contributed by atoms with E-state index >= 15 is 4.39 Å². The molecule has 5 rings (SSSR count). The van der Waals surface area contributed by atoms with Crippen molar-refractivity contribution >= 4 is 57.2 Å². The van der Waals surface area contributed by atoms with Gasteiger partial charge in [-0.1, -0.05) is 66.7 Å². The van der Waals surface area contributed by atoms with E-state index in [1.165, 1.54) is 41.3 Å². The molecular weight excluding hydrogens is 590 g/mol. The molecule has 1 amide bonds. The number of aromatic nitrogens is 2. The van der Waals surface area contributed by atoms with Crippen LogP contribution >= 0.6 is 34.7 Å². The summed E-state index contributed by atoms with van der Waals surface area (Å²) in [5, 5.41) is 21.5. The topological polar surface area (TPSA) is 125 Å². The molecule has 8 nitrogen and oxygen atoms in total. The summed E-state index contributed by atoms with van der Waals surface area (Å²) in [7, 11) is 0. The number of rotatable bonds is 6. The van der Waals surface area contributed by atoms with Crippen LogP contribution in [0.1, 0.15) is 38.2 Å². The van der Waals surface area contributed by atoms with Gasteiger partial charge in [0.25, 0.3) is 0 Å². The molecule has 3 N–H and O–H groups in total. The number of nitrogens with one attached hydrogen (secondary N) is 1. The molecule has 1 aromatic heterocycles. The molecule has 0 radical (unpaired) electrons. The van der Waals surface area contributed by atoms with Gasteiger partial charge in [-0.3, -0.25) is 14.5 Å². The molecule has 0 saturated heterocycles. The fourth-order valence-electron chi connectivity index (χ4n) is 5.03. The van der Waals surface area contributed by atoms with E-state index in [2.05, 4.69) is 21.6 Å². The van der Waals surface area contributed by atoms with Gasteiger partial charge >= 0.3 is 0 Å². The van der Waals surface area contributed by atoms with Gasteiger partial charge in [-0.05, 0) is 36.1 Å². The largest absolute Gasteiger partial charge is 0.384 e. The summed E-state index contributed by atoms with van der Waals surface area (Å²) in [5.41, 5.74) is 6.92. The Morgan fingerprint density at radius 2 is 1.95 bits per heavy atom. The van der Waals surface area contributed by atoms with Crippen molar-refractivity contribution in [2.45, 2.75) is 36.9 Å². The number of ketones is 1. The number of allylic oxidation sites excluding steroid dienone is 3. The maximum Gasteiger partial charge on any atom is 0.234 e. The number of anilines is 2. The molecule has 41 heavy (non-hydrogen) atoms. The van der Waals surface area contributed by atoms with Crippen molar-refractivity contribution in [1.82, 2.24) is 10.2 Å². The van der Waals surface area contributed by atoms with E-state index in [1.54, 1.807) is 6.07 Å². The van der Waals surface area contributed by atoms with Crippen molar-refractivity contribution in [2.24, 2.45) is 11.1 Å². The van der Waals surface area contributed by atoms with Gasteiger partial charge in [-0.2, -0.15) is 5.26 Å². The lowest BCUT2D eigenvalue weighted by atomic mass is 9.68. The van der Waals surface area contributed by atoms with Gasteiger partial charge in [0.2, 0.25) is 11.0 Å². The fraction of sp³-hybridized carbons (Fsp3) is 0.250. The number of amides is 1. The highest BCUT2D eigenvalue weighted by Gasteiger charge is 2.46.